The molecule has 2 aromatic carbocycles. The van der Waals surface area contributed by atoms with E-state index in [1.54, 1.807) is 36.4 Å². The molecule has 0 bridgehead atoms. The fraction of sp³-hybridized carbons (Fsp3) is 0.371. The van der Waals surface area contributed by atoms with E-state index >= 15 is 0 Å². The molecule has 3 aromatic rings. The predicted molar refractivity (Wildman–Crippen MR) is 168 cm³/mol. The molecule has 2 aliphatic rings. The van der Waals surface area contributed by atoms with Gasteiger partial charge in [-0.15, -0.1) is 0 Å². The molecule has 1 fully saturated rings. The van der Waals surface area contributed by atoms with E-state index in [1.165, 1.54) is 4.90 Å². The molecule has 5 rings (SSSR count). The smallest absolute Gasteiger partial charge is 0.238 e. The van der Waals surface area contributed by atoms with E-state index < -0.39 is 36.4 Å². The maximum absolute atomic E-state index is 13.8. The standard InChI is InChI=1S/C35H40N2O7/c1-2-6-22(17-27-14-15-28(20-39)44-27)9-16-31(41)32-23(19-38)18-29-33(30(32)21-40)35(43)37(34(29)42)26-12-10-25(11-13-26)36-24-7-4-3-5-8-24/h3-5,7-8,10-15,17,29-31,33,36,38-41H,2,6,9,16,18-21H2,1H3/b22-17+/t29-,30+,31-,33-/m1/s1. The Kier molecular flexibility index (Phi) is 10.1. The first-order chi connectivity index (χ1) is 21.4. The molecule has 2 amide bonds. The van der Waals surface area contributed by atoms with E-state index in [-0.39, 0.29) is 25.5 Å². The number of amides is 2. The van der Waals surface area contributed by atoms with Gasteiger partial charge in [0, 0.05) is 17.3 Å². The summed E-state index contributed by atoms with van der Waals surface area (Å²) < 4.78 is 5.61. The number of rotatable bonds is 13. The van der Waals surface area contributed by atoms with Gasteiger partial charge in [-0.3, -0.25) is 14.5 Å². The van der Waals surface area contributed by atoms with Crippen LogP contribution in [0, 0.1) is 17.8 Å². The Morgan fingerprint density at radius 1 is 0.955 bits per heavy atom. The van der Waals surface area contributed by atoms with Crippen LogP contribution in [0.1, 0.15) is 50.5 Å². The number of hydrogen-bond acceptors (Lipinski definition) is 8. The van der Waals surface area contributed by atoms with Crippen LogP contribution in [0.2, 0.25) is 0 Å². The fourth-order valence-corrected chi connectivity index (χ4v) is 6.57. The topological polar surface area (TPSA) is 143 Å². The molecular formula is C35H40N2O7. The summed E-state index contributed by atoms with van der Waals surface area (Å²) in [6.07, 6.45) is 3.55. The minimum atomic E-state index is -1.01. The molecule has 1 aliphatic carbocycles. The maximum Gasteiger partial charge on any atom is 0.238 e. The Morgan fingerprint density at radius 2 is 1.68 bits per heavy atom. The van der Waals surface area contributed by atoms with Gasteiger partial charge in [-0.1, -0.05) is 37.1 Å². The Labute approximate surface area is 257 Å². The minimum Gasteiger partial charge on any atom is -0.459 e. The van der Waals surface area contributed by atoms with Crippen molar-refractivity contribution in [2.45, 2.75) is 51.7 Å². The van der Waals surface area contributed by atoms with Crippen molar-refractivity contribution in [1.29, 1.82) is 0 Å². The molecule has 232 valence electrons. The zero-order chi connectivity index (χ0) is 31.2. The van der Waals surface area contributed by atoms with Crippen molar-refractivity contribution in [3.05, 3.63) is 95.0 Å². The van der Waals surface area contributed by atoms with Gasteiger partial charge in [-0.05, 0) is 91.4 Å². The van der Waals surface area contributed by atoms with Crippen molar-refractivity contribution in [2.24, 2.45) is 17.8 Å². The number of hydrogen-bond donors (Lipinski definition) is 5. The molecule has 1 saturated heterocycles. The molecule has 1 aliphatic heterocycles. The number of nitrogens with zero attached hydrogens (tertiary/aromatic N) is 1. The van der Waals surface area contributed by atoms with Crippen LogP contribution in [-0.4, -0.2) is 51.6 Å². The van der Waals surface area contributed by atoms with Crippen LogP contribution in [0.4, 0.5) is 17.1 Å². The van der Waals surface area contributed by atoms with Gasteiger partial charge in [0.15, 0.2) is 0 Å². The highest BCUT2D eigenvalue weighted by Crippen LogP contribution is 2.47. The van der Waals surface area contributed by atoms with Crippen molar-refractivity contribution in [3.8, 4) is 0 Å². The molecule has 0 unspecified atom stereocenters. The van der Waals surface area contributed by atoms with Gasteiger partial charge < -0.3 is 30.2 Å². The van der Waals surface area contributed by atoms with E-state index in [1.807, 2.05) is 36.4 Å². The monoisotopic (exact) mass is 600 g/mol. The number of anilines is 3. The van der Waals surface area contributed by atoms with Gasteiger partial charge in [0.25, 0.3) is 0 Å². The third-order valence-corrected chi connectivity index (χ3v) is 8.61. The number of carbonyl (C=O) groups is 2. The minimum absolute atomic E-state index is 0.146. The summed E-state index contributed by atoms with van der Waals surface area (Å²) in [7, 11) is 0. The summed E-state index contributed by atoms with van der Waals surface area (Å²) in [6, 6.07) is 20.2. The second-order valence-electron chi connectivity index (χ2n) is 11.5. The number of para-hydroxylation sites is 1. The first-order valence-electron chi connectivity index (χ1n) is 15.2. The lowest BCUT2D eigenvalue weighted by atomic mass is 9.68. The fourth-order valence-electron chi connectivity index (χ4n) is 6.57. The van der Waals surface area contributed by atoms with Gasteiger partial charge in [-0.2, -0.15) is 0 Å². The average molecular weight is 601 g/mol. The van der Waals surface area contributed by atoms with E-state index in [0.29, 0.717) is 41.2 Å². The molecule has 44 heavy (non-hydrogen) atoms. The molecule has 5 N–H and O–H groups in total. The van der Waals surface area contributed by atoms with Crippen molar-refractivity contribution in [3.63, 3.8) is 0 Å². The summed E-state index contributed by atoms with van der Waals surface area (Å²) >= 11 is 0. The highest BCUT2D eigenvalue weighted by Gasteiger charge is 2.55. The molecule has 0 spiro atoms. The Bertz CT molecular complexity index is 1510. The zero-order valence-corrected chi connectivity index (χ0v) is 24.9. The van der Waals surface area contributed by atoms with Crippen molar-refractivity contribution in [1.82, 2.24) is 0 Å². The number of benzene rings is 2. The SMILES string of the molecule is CCC/C(=C\c1ccc(CO)o1)CC[C@@H](O)C1=C(CO)C[C@H]2C(=O)N(c3ccc(Nc4ccccc4)cc3)C(=O)[C@H]2[C@H]1CO. The van der Waals surface area contributed by atoms with Crippen LogP contribution >= 0.6 is 0 Å². The van der Waals surface area contributed by atoms with Gasteiger partial charge in [0.05, 0.1) is 36.8 Å². The Balaban J connectivity index is 1.33. The molecule has 2 heterocycles. The number of nitrogens with one attached hydrogen (secondary N) is 1. The second-order valence-corrected chi connectivity index (χ2v) is 11.5. The number of imide groups is 1. The van der Waals surface area contributed by atoms with Crippen LogP contribution in [0.3, 0.4) is 0 Å². The lowest BCUT2D eigenvalue weighted by Gasteiger charge is -2.36. The van der Waals surface area contributed by atoms with Gasteiger partial charge in [0.1, 0.15) is 18.1 Å². The normalized spacial score (nSPS) is 21.2. The third-order valence-electron chi connectivity index (χ3n) is 8.61. The largest absolute Gasteiger partial charge is 0.459 e. The van der Waals surface area contributed by atoms with E-state index in [4.69, 9.17) is 4.42 Å². The van der Waals surface area contributed by atoms with Crippen molar-refractivity contribution >= 4 is 35.0 Å². The molecule has 0 saturated carbocycles. The number of aliphatic hydroxyl groups excluding tert-OH is 4. The van der Waals surface area contributed by atoms with E-state index in [0.717, 1.165) is 29.8 Å². The molecule has 9 heteroatoms. The molecule has 4 atom stereocenters. The van der Waals surface area contributed by atoms with Gasteiger partial charge in [0.2, 0.25) is 11.8 Å². The summed E-state index contributed by atoms with van der Waals surface area (Å²) in [5.74, 6) is -2.03. The van der Waals surface area contributed by atoms with Crippen molar-refractivity contribution < 1.29 is 34.4 Å². The quantitative estimate of drug-likeness (QED) is 0.137. The number of aliphatic hydroxyl groups is 4. The van der Waals surface area contributed by atoms with Crippen LogP contribution < -0.4 is 10.2 Å². The third kappa shape index (κ3) is 6.56. The highest BCUT2D eigenvalue weighted by atomic mass is 16.4. The van der Waals surface area contributed by atoms with E-state index in [2.05, 4.69) is 12.2 Å². The summed E-state index contributed by atoms with van der Waals surface area (Å²) in [4.78, 5) is 28.6. The number of allylic oxidation sites excluding steroid dienone is 1. The average Bonchev–Trinajstić information content (AvgIpc) is 3.60. The van der Waals surface area contributed by atoms with Gasteiger partial charge >= 0.3 is 0 Å². The van der Waals surface area contributed by atoms with Crippen LogP contribution in [0.15, 0.2) is 87.9 Å². The summed E-state index contributed by atoms with van der Waals surface area (Å²) in [5, 5.41) is 44.8. The van der Waals surface area contributed by atoms with Crippen LogP contribution in [0.25, 0.3) is 6.08 Å². The number of carbonyl (C=O) groups excluding carboxylic acids is 2. The van der Waals surface area contributed by atoms with Crippen LogP contribution in [0.5, 0.6) is 0 Å². The molecule has 0 radical (unpaired) electrons. The Hall–Kier alpha value is -4.02. The molecule has 9 nitrogen and oxygen atoms in total. The Morgan fingerprint density at radius 3 is 2.32 bits per heavy atom. The second kappa shape index (κ2) is 14.2. The van der Waals surface area contributed by atoms with Crippen LogP contribution in [-0.2, 0) is 16.2 Å². The summed E-state index contributed by atoms with van der Waals surface area (Å²) in [6.45, 7) is 1.07. The van der Waals surface area contributed by atoms with Gasteiger partial charge in [-0.25, -0.2) is 0 Å². The lowest BCUT2D eigenvalue weighted by Crippen LogP contribution is -2.39. The lowest BCUT2D eigenvalue weighted by molar-refractivity contribution is -0.123. The molecular weight excluding hydrogens is 560 g/mol. The zero-order valence-electron chi connectivity index (χ0n) is 24.9. The molecule has 1 aromatic heterocycles. The first kappa shape index (κ1) is 31.4. The predicted octanol–water partition coefficient (Wildman–Crippen LogP) is 4.95. The summed E-state index contributed by atoms with van der Waals surface area (Å²) in [5.41, 5.74) is 4.16. The van der Waals surface area contributed by atoms with Crippen molar-refractivity contribution in [2.75, 3.05) is 23.4 Å². The number of fused-ring (bicyclic) bond motifs is 1. The van der Waals surface area contributed by atoms with E-state index in [9.17, 15) is 30.0 Å². The number of furan rings is 1. The maximum atomic E-state index is 13.8. The first-order valence-corrected chi connectivity index (χ1v) is 15.2. The highest BCUT2D eigenvalue weighted by molar-refractivity contribution is 6.22.